The van der Waals surface area contributed by atoms with E-state index < -0.39 is 29.7 Å². The average Bonchev–Trinajstić information content (AvgIpc) is 2.78. The first kappa shape index (κ1) is 28.6. The summed E-state index contributed by atoms with van der Waals surface area (Å²) in [6.07, 6.45) is 1.00. The lowest BCUT2D eigenvalue weighted by Gasteiger charge is -2.33. The van der Waals surface area contributed by atoms with Gasteiger partial charge in [-0.25, -0.2) is 4.79 Å². The fraction of sp³-hybridized carbons (Fsp3) is 0.414. The van der Waals surface area contributed by atoms with Gasteiger partial charge < -0.3 is 20.3 Å². The molecule has 2 aromatic rings. The zero-order valence-electron chi connectivity index (χ0n) is 22.6. The second-order valence-corrected chi connectivity index (χ2v) is 10.3. The van der Waals surface area contributed by atoms with E-state index >= 15 is 0 Å². The minimum Gasteiger partial charge on any atom is -0.444 e. The molecule has 194 valence electrons. The Morgan fingerprint density at radius 2 is 1.61 bits per heavy atom. The Balaban J connectivity index is 2.45. The van der Waals surface area contributed by atoms with Gasteiger partial charge in [0, 0.05) is 12.7 Å². The number of hydrogen-bond donors (Lipinski definition) is 2. The summed E-state index contributed by atoms with van der Waals surface area (Å²) in [6, 6.07) is 11.3. The molecule has 7 heteroatoms. The van der Waals surface area contributed by atoms with E-state index in [1.165, 1.54) is 4.90 Å². The predicted molar refractivity (Wildman–Crippen MR) is 145 cm³/mol. The van der Waals surface area contributed by atoms with Crippen molar-refractivity contribution in [3.63, 3.8) is 0 Å². The third kappa shape index (κ3) is 7.44. The van der Waals surface area contributed by atoms with Crippen molar-refractivity contribution < 1.29 is 19.1 Å². The number of rotatable bonds is 8. The predicted octanol–water partition coefficient (Wildman–Crippen LogP) is 5.63. The molecule has 0 heterocycles. The molecular weight excluding hydrogens is 454 g/mol. The Morgan fingerprint density at radius 3 is 2.14 bits per heavy atom. The normalized spacial score (nSPS) is 12.9. The number of benzene rings is 2. The molecule has 0 aliphatic carbocycles. The molecule has 0 aromatic heterocycles. The Hall–Kier alpha value is -3.61. The summed E-state index contributed by atoms with van der Waals surface area (Å²) < 4.78 is 5.37. The van der Waals surface area contributed by atoms with Crippen LogP contribution < -0.4 is 10.6 Å². The van der Waals surface area contributed by atoms with Crippen molar-refractivity contribution in [2.45, 2.75) is 66.2 Å². The van der Waals surface area contributed by atoms with Crippen molar-refractivity contribution in [3.05, 3.63) is 71.3 Å². The maximum Gasteiger partial charge on any atom is 0.408 e. The van der Waals surface area contributed by atoms with Crippen LogP contribution in [-0.2, 0) is 14.3 Å². The molecule has 2 aromatic carbocycles. The van der Waals surface area contributed by atoms with E-state index in [0.29, 0.717) is 11.3 Å². The fourth-order valence-corrected chi connectivity index (χ4v) is 3.90. The van der Waals surface area contributed by atoms with E-state index in [1.807, 2.05) is 64.1 Å². The summed E-state index contributed by atoms with van der Waals surface area (Å²) in [6.45, 7) is 16.6. The van der Waals surface area contributed by atoms with E-state index in [9.17, 15) is 14.4 Å². The molecule has 0 radical (unpaired) electrons. The molecule has 2 N–H and O–H groups in total. The summed E-state index contributed by atoms with van der Waals surface area (Å²) in [4.78, 5) is 41.3. The number of carbonyl (C=O) groups excluding carboxylic acids is 3. The first-order chi connectivity index (χ1) is 16.7. The first-order valence-electron chi connectivity index (χ1n) is 12.1. The van der Waals surface area contributed by atoms with Crippen molar-refractivity contribution >= 4 is 29.7 Å². The largest absolute Gasteiger partial charge is 0.444 e. The molecule has 2 atom stereocenters. The van der Waals surface area contributed by atoms with E-state index in [1.54, 1.807) is 40.0 Å². The molecule has 2 rings (SSSR count). The number of hydrogen-bond acceptors (Lipinski definition) is 4. The topological polar surface area (TPSA) is 87.7 Å². The van der Waals surface area contributed by atoms with Gasteiger partial charge in [-0.2, -0.15) is 0 Å². The van der Waals surface area contributed by atoms with Gasteiger partial charge in [0.25, 0.3) is 5.91 Å². The molecule has 7 nitrogen and oxygen atoms in total. The summed E-state index contributed by atoms with van der Waals surface area (Å²) in [5.74, 6) is -1.000. The molecule has 0 saturated carbocycles. The molecule has 2 unspecified atom stereocenters. The molecule has 3 amide bonds. The Bertz CT molecular complexity index is 1100. The van der Waals surface area contributed by atoms with E-state index in [-0.39, 0.29) is 11.8 Å². The number of amides is 3. The second kappa shape index (κ2) is 11.9. The van der Waals surface area contributed by atoms with Gasteiger partial charge in [0.1, 0.15) is 17.7 Å². The Kier molecular flexibility index (Phi) is 9.45. The highest BCUT2D eigenvalue weighted by atomic mass is 16.6. The van der Waals surface area contributed by atoms with Crippen LogP contribution in [0.3, 0.4) is 0 Å². The van der Waals surface area contributed by atoms with Crippen LogP contribution in [0.1, 0.15) is 62.9 Å². The third-order valence-electron chi connectivity index (χ3n) is 5.78. The first-order valence-corrected chi connectivity index (χ1v) is 12.1. The highest BCUT2D eigenvalue weighted by Crippen LogP contribution is 2.27. The highest BCUT2D eigenvalue weighted by Gasteiger charge is 2.35. The summed E-state index contributed by atoms with van der Waals surface area (Å²) in [5, 5.41) is 5.71. The zero-order chi connectivity index (χ0) is 27.2. The number of nitrogens with zero attached hydrogens (tertiary/aromatic N) is 1. The minimum atomic E-state index is -0.946. The molecule has 0 spiro atoms. The average molecular weight is 494 g/mol. The SMILES string of the molecule is C=Cc1cccc(C(C(=O)Nc2c(C)cccc2C)N(C)C(=O)C(NC(=O)OC(C)(C)C)C(C)C)c1. The number of aryl methyl sites for hydroxylation is 2. The zero-order valence-corrected chi connectivity index (χ0v) is 22.6. The lowest BCUT2D eigenvalue weighted by molar-refractivity contribution is -0.140. The number of nitrogens with one attached hydrogen (secondary N) is 2. The Morgan fingerprint density at radius 1 is 1.03 bits per heavy atom. The fourth-order valence-electron chi connectivity index (χ4n) is 3.90. The quantitative estimate of drug-likeness (QED) is 0.499. The van der Waals surface area contributed by atoms with Crippen molar-refractivity contribution in [2.75, 3.05) is 12.4 Å². The maximum absolute atomic E-state index is 13.7. The molecular formula is C29H39N3O4. The highest BCUT2D eigenvalue weighted by molar-refractivity contribution is 5.99. The molecule has 0 aliphatic heterocycles. The summed E-state index contributed by atoms with van der Waals surface area (Å²) in [5.41, 5.74) is 3.29. The number of para-hydroxylation sites is 1. The molecule has 0 aliphatic rings. The van der Waals surface area contributed by atoms with Gasteiger partial charge in [-0.1, -0.05) is 62.9 Å². The van der Waals surface area contributed by atoms with Crippen LogP contribution in [0.4, 0.5) is 10.5 Å². The number of ether oxygens (including phenoxy) is 1. The lowest BCUT2D eigenvalue weighted by Crippen LogP contribution is -2.53. The summed E-state index contributed by atoms with van der Waals surface area (Å²) in [7, 11) is 1.57. The number of alkyl carbamates (subject to hydrolysis) is 1. The van der Waals surface area contributed by atoms with Gasteiger partial charge in [-0.3, -0.25) is 9.59 Å². The van der Waals surface area contributed by atoms with Crippen LogP contribution in [0.15, 0.2) is 49.0 Å². The van der Waals surface area contributed by atoms with Crippen LogP contribution in [0, 0.1) is 19.8 Å². The summed E-state index contributed by atoms with van der Waals surface area (Å²) >= 11 is 0. The number of likely N-dealkylation sites (N-methyl/N-ethyl adjacent to an activating group) is 1. The minimum absolute atomic E-state index is 0.241. The standard InChI is InChI=1S/C29H39N3O4/c1-10-21-15-12-16-22(17-21)25(26(33)30-24-19(4)13-11-14-20(24)5)32(9)27(34)23(18(2)3)31-28(35)36-29(6,7)8/h10-18,23,25H,1H2,2-9H3,(H,30,33)(H,31,35). The molecule has 36 heavy (non-hydrogen) atoms. The van der Waals surface area contributed by atoms with Crippen LogP contribution in [0.2, 0.25) is 0 Å². The van der Waals surface area contributed by atoms with E-state index in [2.05, 4.69) is 17.2 Å². The van der Waals surface area contributed by atoms with Gasteiger partial charge in [0.05, 0.1) is 0 Å². The molecule has 0 saturated heterocycles. The van der Waals surface area contributed by atoms with Crippen molar-refractivity contribution in [2.24, 2.45) is 5.92 Å². The third-order valence-corrected chi connectivity index (χ3v) is 5.78. The lowest BCUT2D eigenvalue weighted by atomic mass is 9.98. The van der Waals surface area contributed by atoms with Gasteiger partial charge in [-0.05, 0) is 68.9 Å². The monoisotopic (exact) mass is 493 g/mol. The number of carbonyl (C=O) groups is 3. The van der Waals surface area contributed by atoms with Gasteiger partial charge in [0.2, 0.25) is 5.91 Å². The van der Waals surface area contributed by atoms with Gasteiger partial charge in [-0.15, -0.1) is 0 Å². The maximum atomic E-state index is 13.7. The van der Waals surface area contributed by atoms with E-state index in [4.69, 9.17) is 4.74 Å². The second-order valence-electron chi connectivity index (χ2n) is 10.3. The van der Waals surface area contributed by atoms with Crippen molar-refractivity contribution in [1.82, 2.24) is 10.2 Å². The van der Waals surface area contributed by atoms with Crippen LogP contribution >= 0.6 is 0 Å². The van der Waals surface area contributed by atoms with Crippen LogP contribution in [0.5, 0.6) is 0 Å². The van der Waals surface area contributed by atoms with E-state index in [0.717, 1.165) is 16.7 Å². The number of anilines is 1. The van der Waals surface area contributed by atoms with Crippen LogP contribution in [0.25, 0.3) is 6.08 Å². The van der Waals surface area contributed by atoms with Crippen molar-refractivity contribution in [1.29, 1.82) is 0 Å². The molecule has 0 fully saturated rings. The molecule has 0 bridgehead atoms. The van der Waals surface area contributed by atoms with Gasteiger partial charge in [0.15, 0.2) is 0 Å². The Labute approximate surface area is 214 Å². The van der Waals surface area contributed by atoms with Gasteiger partial charge >= 0.3 is 6.09 Å². The van der Waals surface area contributed by atoms with Crippen LogP contribution in [-0.4, -0.2) is 41.5 Å². The van der Waals surface area contributed by atoms with Crippen molar-refractivity contribution in [3.8, 4) is 0 Å². The smallest absolute Gasteiger partial charge is 0.408 e.